The van der Waals surface area contributed by atoms with Crippen molar-refractivity contribution in [3.63, 3.8) is 0 Å². The zero-order valence-electron chi connectivity index (χ0n) is 14.4. The number of carbonyl (C=O) groups excluding carboxylic acids is 1. The lowest BCUT2D eigenvalue weighted by Gasteiger charge is -2.12. The molecule has 6 nitrogen and oxygen atoms in total. The molecular formula is C18H20N4O2S. The molecule has 0 saturated carbocycles. The number of aryl methyl sites for hydroxylation is 1. The largest absolute Gasteiger partial charge is 0.335 e. The van der Waals surface area contributed by atoms with Crippen molar-refractivity contribution < 1.29 is 9.32 Å². The quantitative estimate of drug-likeness (QED) is 0.695. The van der Waals surface area contributed by atoms with E-state index in [1.54, 1.807) is 11.3 Å². The summed E-state index contributed by atoms with van der Waals surface area (Å²) in [4.78, 5) is 17.4. The summed E-state index contributed by atoms with van der Waals surface area (Å²) in [6.45, 7) is 5.99. The van der Waals surface area contributed by atoms with Crippen molar-refractivity contribution in [3.8, 4) is 22.2 Å². The van der Waals surface area contributed by atoms with Crippen LogP contribution in [0.25, 0.3) is 22.2 Å². The first-order valence-corrected chi connectivity index (χ1v) is 9.01. The summed E-state index contributed by atoms with van der Waals surface area (Å²) < 4.78 is 5.38. The molecule has 3 aromatic rings. The van der Waals surface area contributed by atoms with Crippen LogP contribution in [0.5, 0.6) is 0 Å². The number of urea groups is 1. The van der Waals surface area contributed by atoms with Crippen LogP contribution in [0.4, 0.5) is 10.5 Å². The average molecular weight is 356 g/mol. The predicted octanol–water partition coefficient (Wildman–Crippen LogP) is 4.69. The molecule has 1 atom stereocenters. The van der Waals surface area contributed by atoms with Crippen molar-refractivity contribution in [2.24, 2.45) is 0 Å². The zero-order chi connectivity index (χ0) is 17.8. The van der Waals surface area contributed by atoms with Crippen LogP contribution in [0.3, 0.4) is 0 Å². The highest BCUT2D eigenvalue weighted by Gasteiger charge is 2.14. The van der Waals surface area contributed by atoms with Crippen LogP contribution in [-0.2, 0) is 0 Å². The highest BCUT2D eigenvalue weighted by molar-refractivity contribution is 7.13. The van der Waals surface area contributed by atoms with Gasteiger partial charge in [0, 0.05) is 17.3 Å². The molecule has 0 aliphatic heterocycles. The van der Waals surface area contributed by atoms with Crippen molar-refractivity contribution in [1.29, 1.82) is 0 Å². The number of benzene rings is 1. The number of thiophene rings is 1. The Morgan fingerprint density at radius 3 is 2.92 bits per heavy atom. The van der Waals surface area contributed by atoms with Crippen molar-refractivity contribution in [2.75, 3.05) is 5.32 Å². The third-order valence-corrected chi connectivity index (χ3v) is 4.86. The molecular weight excluding hydrogens is 336 g/mol. The maximum Gasteiger partial charge on any atom is 0.319 e. The second-order valence-electron chi connectivity index (χ2n) is 5.84. The molecule has 2 aromatic heterocycles. The van der Waals surface area contributed by atoms with E-state index in [1.807, 2.05) is 56.5 Å². The molecule has 2 amide bonds. The standard InChI is InChI=1S/C18H20N4O2S/c1-4-12(3)19-18(23)20-14-7-5-6-13(10-14)16-21-17(24-22-16)15-11(2)8-9-25-15/h5-10,12H,4H2,1-3H3,(H2,19,20,23)/t12-/m0/s1. The first-order chi connectivity index (χ1) is 12.1. The molecule has 0 bridgehead atoms. The van der Waals surface area contributed by atoms with Crippen LogP contribution in [-0.4, -0.2) is 22.2 Å². The topological polar surface area (TPSA) is 80.0 Å². The Balaban J connectivity index is 1.77. The Labute approximate surface area is 150 Å². The van der Waals surface area contributed by atoms with Gasteiger partial charge >= 0.3 is 6.03 Å². The van der Waals surface area contributed by atoms with Gasteiger partial charge in [0.25, 0.3) is 5.89 Å². The number of amides is 2. The number of rotatable bonds is 5. The molecule has 0 aliphatic carbocycles. The smallest absolute Gasteiger partial charge is 0.319 e. The van der Waals surface area contributed by atoms with Gasteiger partial charge in [-0.15, -0.1) is 11.3 Å². The van der Waals surface area contributed by atoms with E-state index in [4.69, 9.17) is 4.52 Å². The summed E-state index contributed by atoms with van der Waals surface area (Å²) in [5, 5.41) is 11.7. The summed E-state index contributed by atoms with van der Waals surface area (Å²) in [7, 11) is 0. The first-order valence-electron chi connectivity index (χ1n) is 8.13. The van der Waals surface area contributed by atoms with Gasteiger partial charge in [-0.25, -0.2) is 4.79 Å². The van der Waals surface area contributed by atoms with Gasteiger partial charge in [-0.2, -0.15) is 4.98 Å². The Bertz CT molecular complexity index is 871. The summed E-state index contributed by atoms with van der Waals surface area (Å²) in [5.41, 5.74) is 2.57. The highest BCUT2D eigenvalue weighted by atomic mass is 32.1. The molecule has 2 heterocycles. The minimum Gasteiger partial charge on any atom is -0.335 e. The molecule has 3 rings (SSSR count). The number of aromatic nitrogens is 2. The summed E-state index contributed by atoms with van der Waals surface area (Å²) in [6.07, 6.45) is 0.876. The molecule has 0 radical (unpaired) electrons. The Morgan fingerprint density at radius 2 is 2.20 bits per heavy atom. The van der Waals surface area contributed by atoms with Crippen LogP contribution in [0, 0.1) is 6.92 Å². The third kappa shape index (κ3) is 4.06. The molecule has 2 N–H and O–H groups in total. The van der Waals surface area contributed by atoms with Crippen LogP contribution >= 0.6 is 11.3 Å². The number of carbonyl (C=O) groups is 1. The lowest BCUT2D eigenvalue weighted by molar-refractivity contribution is 0.249. The average Bonchev–Trinajstić information content (AvgIpc) is 3.23. The molecule has 0 spiro atoms. The van der Waals surface area contributed by atoms with Gasteiger partial charge in [0.2, 0.25) is 5.82 Å². The van der Waals surface area contributed by atoms with Crippen LogP contribution in [0.1, 0.15) is 25.8 Å². The van der Waals surface area contributed by atoms with E-state index < -0.39 is 0 Å². The van der Waals surface area contributed by atoms with E-state index >= 15 is 0 Å². The summed E-state index contributed by atoms with van der Waals surface area (Å²) in [6, 6.07) is 9.29. The van der Waals surface area contributed by atoms with Crippen molar-refractivity contribution in [2.45, 2.75) is 33.2 Å². The molecule has 130 valence electrons. The monoisotopic (exact) mass is 356 g/mol. The second-order valence-corrected chi connectivity index (χ2v) is 6.76. The van der Waals surface area contributed by atoms with Gasteiger partial charge < -0.3 is 15.2 Å². The lowest BCUT2D eigenvalue weighted by Crippen LogP contribution is -2.35. The fraction of sp³-hybridized carbons (Fsp3) is 0.278. The molecule has 25 heavy (non-hydrogen) atoms. The normalized spacial score (nSPS) is 12.0. The lowest BCUT2D eigenvalue weighted by atomic mass is 10.2. The Morgan fingerprint density at radius 1 is 1.36 bits per heavy atom. The van der Waals surface area contributed by atoms with Crippen molar-refractivity contribution in [1.82, 2.24) is 15.5 Å². The van der Waals surface area contributed by atoms with E-state index in [2.05, 4.69) is 20.8 Å². The van der Waals surface area contributed by atoms with Gasteiger partial charge in [-0.1, -0.05) is 24.2 Å². The van der Waals surface area contributed by atoms with E-state index in [9.17, 15) is 4.79 Å². The van der Waals surface area contributed by atoms with E-state index in [0.717, 1.165) is 22.4 Å². The van der Waals surface area contributed by atoms with Crippen LogP contribution < -0.4 is 10.6 Å². The molecule has 7 heteroatoms. The number of hydrogen-bond acceptors (Lipinski definition) is 5. The van der Waals surface area contributed by atoms with Gasteiger partial charge in [0.15, 0.2) is 0 Å². The minimum atomic E-state index is -0.227. The highest BCUT2D eigenvalue weighted by Crippen LogP contribution is 2.29. The van der Waals surface area contributed by atoms with Gasteiger partial charge in [-0.3, -0.25) is 0 Å². The first kappa shape index (κ1) is 17.2. The number of nitrogens with zero attached hydrogens (tertiary/aromatic N) is 2. The van der Waals surface area contributed by atoms with Gasteiger partial charge in [0.05, 0.1) is 4.88 Å². The SMILES string of the molecule is CC[C@H](C)NC(=O)Nc1cccc(-c2noc(-c3sccc3C)n2)c1. The molecule has 0 fully saturated rings. The predicted molar refractivity (Wildman–Crippen MR) is 99.7 cm³/mol. The van der Waals surface area contributed by atoms with Crippen LogP contribution in [0.2, 0.25) is 0 Å². The van der Waals surface area contributed by atoms with E-state index in [-0.39, 0.29) is 12.1 Å². The number of hydrogen-bond donors (Lipinski definition) is 2. The number of nitrogens with one attached hydrogen (secondary N) is 2. The maximum absolute atomic E-state index is 12.0. The summed E-state index contributed by atoms with van der Waals surface area (Å²) >= 11 is 1.57. The molecule has 0 unspecified atom stereocenters. The van der Waals surface area contributed by atoms with Gasteiger partial charge in [-0.05, 0) is 49.4 Å². The van der Waals surface area contributed by atoms with E-state index in [1.165, 1.54) is 0 Å². The minimum absolute atomic E-state index is 0.122. The van der Waals surface area contributed by atoms with Gasteiger partial charge in [0.1, 0.15) is 0 Å². The van der Waals surface area contributed by atoms with E-state index in [0.29, 0.717) is 17.4 Å². The van der Waals surface area contributed by atoms with Crippen molar-refractivity contribution in [3.05, 3.63) is 41.3 Å². The fourth-order valence-corrected chi connectivity index (χ4v) is 3.10. The zero-order valence-corrected chi connectivity index (χ0v) is 15.2. The van der Waals surface area contributed by atoms with Crippen LogP contribution in [0.15, 0.2) is 40.2 Å². The summed E-state index contributed by atoms with van der Waals surface area (Å²) in [5.74, 6) is 1.00. The third-order valence-electron chi connectivity index (χ3n) is 3.85. The Kier molecular flexibility index (Phi) is 5.14. The second kappa shape index (κ2) is 7.48. The molecule has 0 aliphatic rings. The maximum atomic E-state index is 12.0. The Hall–Kier alpha value is -2.67. The molecule has 1 aromatic carbocycles. The fourth-order valence-electron chi connectivity index (χ4n) is 2.25. The van der Waals surface area contributed by atoms with Crippen molar-refractivity contribution >= 4 is 23.1 Å². The number of anilines is 1. The molecule has 0 saturated heterocycles.